The van der Waals surface area contributed by atoms with Crippen molar-refractivity contribution < 1.29 is 14.3 Å². The summed E-state index contributed by atoms with van der Waals surface area (Å²) in [5.41, 5.74) is 3.25. The molecule has 6 nitrogen and oxygen atoms in total. The maximum atomic E-state index is 12.4. The van der Waals surface area contributed by atoms with Crippen molar-refractivity contribution in [1.82, 2.24) is 9.97 Å². The van der Waals surface area contributed by atoms with Crippen LogP contribution in [0.25, 0.3) is 0 Å². The lowest BCUT2D eigenvalue weighted by Gasteiger charge is -2.13. The Morgan fingerprint density at radius 3 is 2.83 bits per heavy atom. The smallest absolute Gasteiger partial charge is 0.356 e. The zero-order chi connectivity index (χ0) is 17.7. The second-order valence-corrected chi connectivity index (χ2v) is 6.65. The third-order valence-corrected chi connectivity index (χ3v) is 4.57. The number of anilines is 1. The number of nitrogens with one attached hydrogen (secondary N) is 2. The van der Waals surface area contributed by atoms with Crippen LogP contribution in [-0.2, 0) is 9.53 Å². The molecule has 2 rings (SSSR count). The first-order valence-electron chi connectivity index (χ1n) is 7.68. The van der Waals surface area contributed by atoms with Gasteiger partial charge in [-0.15, -0.1) is 0 Å². The number of carbonyl (C=O) groups excluding carboxylic acids is 2. The van der Waals surface area contributed by atoms with E-state index in [2.05, 4.69) is 15.3 Å². The fourth-order valence-corrected chi connectivity index (χ4v) is 2.80. The molecular formula is C17H21N3O3S. The van der Waals surface area contributed by atoms with Gasteiger partial charge < -0.3 is 15.0 Å². The van der Waals surface area contributed by atoms with E-state index in [0.29, 0.717) is 11.8 Å². The van der Waals surface area contributed by atoms with Gasteiger partial charge in [0.25, 0.3) is 0 Å². The molecular weight excluding hydrogens is 326 g/mol. The number of ether oxygens (including phenoxy) is 1. The fraction of sp³-hybridized carbons (Fsp3) is 0.353. The van der Waals surface area contributed by atoms with Crippen molar-refractivity contribution in [2.75, 3.05) is 11.9 Å². The molecule has 0 aliphatic rings. The van der Waals surface area contributed by atoms with Gasteiger partial charge >= 0.3 is 5.97 Å². The Morgan fingerprint density at radius 1 is 1.38 bits per heavy atom. The average molecular weight is 347 g/mol. The molecule has 0 radical (unpaired) electrons. The molecule has 0 saturated heterocycles. The van der Waals surface area contributed by atoms with Crippen molar-refractivity contribution >= 4 is 29.3 Å². The number of nitrogens with zero attached hydrogens (tertiary/aromatic N) is 1. The maximum absolute atomic E-state index is 12.4. The molecule has 128 valence electrons. The van der Waals surface area contributed by atoms with E-state index in [0.717, 1.165) is 16.8 Å². The quantitative estimate of drug-likeness (QED) is 0.618. The molecule has 0 spiro atoms. The number of esters is 1. The van der Waals surface area contributed by atoms with E-state index in [1.54, 1.807) is 13.8 Å². The molecule has 0 aliphatic heterocycles. The Bertz CT molecular complexity index is 742. The summed E-state index contributed by atoms with van der Waals surface area (Å²) in [4.78, 5) is 30.9. The highest BCUT2D eigenvalue weighted by atomic mass is 32.2. The number of rotatable bonds is 6. The fourth-order valence-electron chi connectivity index (χ4n) is 2.02. The minimum Gasteiger partial charge on any atom is -0.461 e. The van der Waals surface area contributed by atoms with Crippen LogP contribution in [0.2, 0.25) is 0 Å². The molecule has 7 heteroatoms. The van der Waals surface area contributed by atoms with Crippen LogP contribution in [0.1, 0.15) is 35.5 Å². The normalized spacial score (nSPS) is 11.8. The van der Waals surface area contributed by atoms with Crippen molar-refractivity contribution in [3.05, 3.63) is 41.2 Å². The van der Waals surface area contributed by atoms with Crippen LogP contribution in [0.15, 0.2) is 29.6 Å². The minimum atomic E-state index is -0.454. The van der Waals surface area contributed by atoms with Crippen LogP contribution in [0.4, 0.5) is 5.69 Å². The van der Waals surface area contributed by atoms with Crippen molar-refractivity contribution in [3.63, 3.8) is 0 Å². The number of carbonyl (C=O) groups is 2. The number of benzene rings is 1. The van der Waals surface area contributed by atoms with E-state index in [4.69, 9.17) is 4.74 Å². The number of H-pyrrole nitrogens is 1. The van der Waals surface area contributed by atoms with Crippen molar-refractivity contribution in [3.8, 4) is 0 Å². The molecule has 1 atom stereocenters. The summed E-state index contributed by atoms with van der Waals surface area (Å²) in [7, 11) is 0. The lowest BCUT2D eigenvalue weighted by atomic mass is 10.1. The topological polar surface area (TPSA) is 84.1 Å². The van der Waals surface area contributed by atoms with Crippen LogP contribution >= 0.6 is 11.8 Å². The average Bonchev–Trinajstić information content (AvgIpc) is 3.00. The number of aromatic nitrogens is 2. The molecule has 2 aromatic rings. The zero-order valence-corrected chi connectivity index (χ0v) is 15.0. The van der Waals surface area contributed by atoms with Crippen LogP contribution in [0, 0.1) is 13.8 Å². The third-order valence-electron chi connectivity index (χ3n) is 3.57. The number of aromatic amines is 1. The lowest BCUT2D eigenvalue weighted by molar-refractivity contribution is -0.115. The molecule has 0 saturated carbocycles. The first-order chi connectivity index (χ1) is 11.4. The van der Waals surface area contributed by atoms with Gasteiger partial charge in [0.2, 0.25) is 5.91 Å². The summed E-state index contributed by atoms with van der Waals surface area (Å²) in [5, 5.41) is 3.06. The Balaban J connectivity index is 1.99. The van der Waals surface area contributed by atoms with Crippen LogP contribution < -0.4 is 5.32 Å². The van der Waals surface area contributed by atoms with Gasteiger partial charge in [0.05, 0.1) is 18.1 Å². The molecule has 24 heavy (non-hydrogen) atoms. The number of thioether (sulfide) groups is 1. The lowest BCUT2D eigenvalue weighted by Crippen LogP contribution is -2.23. The minimum absolute atomic E-state index is 0.122. The van der Waals surface area contributed by atoms with Crippen molar-refractivity contribution in [2.45, 2.75) is 38.1 Å². The molecule has 2 N–H and O–H groups in total. The number of hydrogen-bond acceptors (Lipinski definition) is 5. The highest BCUT2D eigenvalue weighted by Crippen LogP contribution is 2.23. The Hall–Kier alpha value is -2.28. The van der Waals surface area contributed by atoms with Gasteiger partial charge in [-0.25, -0.2) is 9.78 Å². The van der Waals surface area contributed by atoms with Gasteiger partial charge in [-0.05, 0) is 44.9 Å². The Morgan fingerprint density at radius 2 is 2.12 bits per heavy atom. The van der Waals surface area contributed by atoms with E-state index in [9.17, 15) is 9.59 Å². The summed E-state index contributed by atoms with van der Waals surface area (Å²) in [6, 6.07) is 5.79. The molecule has 1 unspecified atom stereocenters. The summed E-state index contributed by atoms with van der Waals surface area (Å²) >= 11 is 1.25. The molecule has 0 fully saturated rings. The number of aryl methyl sites for hydroxylation is 1. The SMILES string of the molecule is CCOC(=O)c1cnc(SC(C)C(=O)Nc2cccc(C)c2C)[nH]1. The van der Waals surface area contributed by atoms with E-state index >= 15 is 0 Å². The van der Waals surface area contributed by atoms with Crippen molar-refractivity contribution in [2.24, 2.45) is 0 Å². The molecule has 1 heterocycles. The van der Waals surface area contributed by atoms with E-state index in [1.807, 2.05) is 32.0 Å². The van der Waals surface area contributed by atoms with E-state index in [-0.39, 0.29) is 16.9 Å². The third kappa shape index (κ3) is 4.38. The Kier molecular flexibility index (Phi) is 6.03. The summed E-state index contributed by atoms with van der Waals surface area (Å²) in [6.45, 7) is 7.81. The number of imidazole rings is 1. The van der Waals surface area contributed by atoms with Crippen LogP contribution in [-0.4, -0.2) is 33.7 Å². The summed E-state index contributed by atoms with van der Waals surface area (Å²) in [5.74, 6) is -0.577. The van der Waals surface area contributed by atoms with E-state index < -0.39 is 5.97 Å². The zero-order valence-electron chi connectivity index (χ0n) is 14.2. The Labute approximate surface area is 145 Å². The molecule has 1 amide bonds. The first kappa shape index (κ1) is 18.1. The number of hydrogen-bond donors (Lipinski definition) is 2. The van der Waals surface area contributed by atoms with Gasteiger partial charge in [-0.3, -0.25) is 4.79 Å². The van der Waals surface area contributed by atoms with Crippen LogP contribution in [0.3, 0.4) is 0 Å². The molecule has 1 aromatic carbocycles. The summed E-state index contributed by atoms with van der Waals surface area (Å²) in [6.07, 6.45) is 1.41. The first-order valence-corrected chi connectivity index (χ1v) is 8.56. The standard InChI is InChI=1S/C17H21N3O3S/c1-5-23-16(22)14-9-18-17(20-14)24-12(4)15(21)19-13-8-6-7-10(2)11(13)3/h6-9,12H,5H2,1-4H3,(H,18,20)(H,19,21). The van der Waals surface area contributed by atoms with Gasteiger partial charge in [0.1, 0.15) is 5.69 Å². The predicted molar refractivity (Wildman–Crippen MR) is 94.4 cm³/mol. The second kappa shape index (κ2) is 8.01. The monoisotopic (exact) mass is 347 g/mol. The van der Waals surface area contributed by atoms with Crippen molar-refractivity contribution in [1.29, 1.82) is 0 Å². The summed E-state index contributed by atoms with van der Waals surface area (Å²) < 4.78 is 4.90. The number of amides is 1. The van der Waals surface area contributed by atoms with Gasteiger partial charge in [0, 0.05) is 5.69 Å². The van der Waals surface area contributed by atoms with Gasteiger partial charge in [0.15, 0.2) is 5.16 Å². The van der Waals surface area contributed by atoms with Crippen LogP contribution in [0.5, 0.6) is 0 Å². The van der Waals surface area contributed by atoms with E-state index in [1.165, 1.54) is 18.0 Å². The van der Waals surface area contributed by atoms with Gasteiger partial charge in [-0.2, -0.15) is 0 Å². The maximum Gasteiger partial charge on any atom is 0.356 e. The second-order valence-electron chi connectivity index (χ2n) is 5.32. The predicted octanol–water partition coefficient (Wildman–Crippen LogP) is 3.32. The molecule has 0 aliphatic carbocycles. The highest BCUT2D eigenvalue weighted by Gasteiger charge is 2.18. The largest absolute Gasteiger partial charge is 0.461 e. The highest BCUT2D eigenvalue weighted by molar-refractivity contribution is 8.00. The van der Waals surface area contributed by atoms with Gasteiger partial charge in [-0.1, -0.05) is 23.9 Å². The molecule has 1 aromatic heterocycles. The molecule has 0 bridgehead atoms.